The number of anilines is 1. The lowest BCUT2D eigenvalue weighted by Crippen LogP contribution is -2.45. The van der Waals surface area contributed by atoms with Crippen molar-refractivity contribution in [2.75, 3.05) is 57.9 Å². The van der Waals surface area contributed by atoms with Gasteiger partial charge in [0.25, 0.3) is 0 Å². The lowest BCUT2D eigenvalue weighted by Gasteiger charge is -2.34. The number of piperazine rings is 1. The van der Waals surface area contributed by atoms with E-state index in [-0.39, 0.29) is 0 Å². The van der Waals surface area contributed by atoms with Crippen LogP contribution in [0.4, 0.5) is 5.82 Å². The lowest BCUT2D eigenvalue weighted by molar-refractivity contribution is 0.0771. The van der Waals surface area contributed by atoms with E-state index in [4.69, 9.17) is 24.3 Å². The molecule has 39 heavy (non-hydrogen) atoms. The molecule has 0 amide bonds. The molecule has 1 aliphatic heterocycles. The quantitative estimate of drug-likeness (QED) is 0.169. The van der Waals surface area contributed by atoms with Crippen LogP contribution in [0.3, 0.4) is 0 Å². The first-order valence-corrected chi connectivity index (χ1v) is 18.3. The Bertz CT molecular complexity index is 1160. The summed E-state index contributed by atoms with van der Waals surface area (Å²) in [5, 5.41) is 4.78. The SMILES string of the molecule is CN1CCN(c2ncc(-c3cc(Br)n(COCC[Si](C)(C)C)n3)cc2OCCCOCc2ccccc2)CC1. The van der Waals surface area contributed by atoms with E-state index in [1.807, 2.05) is 35.1 Å². The Kier molecular flexibility index (Phi) is 11.0. The monoisotopic (exact) mass is 615 g/mol. The third kappa shape index (κ3) is 9.42. The molecule has 10 heteroatoms. The first-order valence-electron chi connectivity index (χ1n) is 13.8. The molecule has 0 atom stereocenters. The third-order valence-electron chi connectivity index (χ3n) is 6.67. The summed E-state index contributed by atoms with van der Waals surface area (Å²) in [5.41, 5.74) is 2.94. The number of nitrogens with zero attached hydrogens (tertiary/aromatic N) is 5. The smallest absolute Gasteiger partial charge is 0.171 e. The van der Waals surface area contributed by atoms with Crippen molar-refractivity contribution in [1.29, 1.82) is 0 Å². The molecular formula is C29H42BrN5O3Si. The van der Waals surface area contributed by atoms with Gasteiger partial charge in [-0.25, -0.2) is 9.67 Å². The Balaban J connectivity index is 1.39. The van der Waals surface area contributed by atoms with Crippen molar-refractivity contribution >= 4 is 29.8 Å². The number of aromatic nitrogens is 3. The molecule has 8 nitrogen and oxygen atoms in total. The summed E-state index contributed by atoms with van der Waals surface area (Å²) in [7, 11) is 1.03. The molecule has 0 N–H and O–H groups in total. The second-order valence-corrected chi connectivity index (χ2v) is 17.7. The van der Waals surface area contributed by atoms with E-state index in [2.05, 4.69) is 70.6 Å². The van der Waals surface area contributed by atoms with Gasteiger partial charge in [0.15, 0.2) is 11.6 Å². The average Bonchev–Trinajstić information content (AvgIpc) is 3.29. The van der Waals surface area contributed by atoms with Crippen molar-refractivity contribution < 1.29 is 14.2 Å². The summed E-state index contributed by atoms with van der Waals surface area (Å²) in [5.74, 6) is 1.68. The van der Waals surface area contributed by atoms with Crippen molar-refractivity contribution in [3.63, 3.8) is 0 Å². The van der Waals surface area contributed by atoms with Crippen LogP contribution >= 0.6 is 15.9 Å². The van der Waals surface area contributed by atoms with E-state index in [0.717, 1.165) is 72.7 Å². The molecule has 1 aliphatic rings. The normalized spacial score (nSPS) is 14.6. The highest BCUT2D eigenvalue weighted by Gasteiger charge is 2.21. The second kappa shape index (κ2) is 14.4. The maximum Gasteiger partial charge on any atom is 0.171 e. The van der Waals surface area contributed by atoms with Gasteiger partial charge < -0.3 is 24.0 Å². The van der Waals surface area contributed by atoms with Crippen LogP contribution in [-0.4, -0.2) is 80.8 Å². The molecule has 0 spiro atoms. The number of benzene rings is 1. The van der Waals surface area contributed by atoms with Crippen molar-refractivity contribution in [1.82, 2.24) is 19.7 Å². The molecule has 2 aromatic heterocycles. The highest BCUT2D eigenvalue weighted by atomic mass is 79.9. The minimum Gasteiger partial charge on any atom is -0.490 e. The first-order chi connectivity index (χ1) is 18.8. The first kappa shape index (κ1) is 29.7. The van der Waals surface area contributed by atoms with Crippen LogP contribution in [0, 0.1) is 0 Å². The van der Waals surface area contributed by atoms with E-state index < -0.39 is 8.07 Å². The van der Waals surface area contributed by atoms with E-state index in [1.54, 1.807) is 0 Å². The highest BCUT2D eigenvalue weighted by molar-refractivity contribution is 9.10. The Morgan fingerprint density at radius 3 is 2.46 bits per heavy atom. The van der Waals surface area contributed by atoms with Gasteiger partial charge in [-0.1, -0.05) is 50.0 Å². The zero-order chi connectivity index (χ0) is 27.7. The van der Waals surface area contributed by atoms with Crippen molar-refractivity contribution in [3.05, 3.63) is 58.8 Å². The highest BCUT2D eigenvalue weighted by Crippen LogP contribution is 2.32. The molecule has 212 valence electrons. The molecule has 0 radical (unpaired) electrons. The summed E-state index contributed by atoms with van der Waals surface area (Å²) in [6, 6.07) is 15.4. The molecule has 0 saturated carbocycles. The van der Waals surface area contributed by atoms with Gasteiger partial charge in [-0.2, -0.15) is 5.10 Å². The van der Waals surface area contributed by atoms with E-state index in [1.165, 1.54) is 5.56 Å². The average molecular weight is 617 g/mol. The molecule has 4 rings (SSSR count). The predicted octanol–water partition coefficient (Wildman–Crippen LogP) is 5.76. The number of pyridine rings is 1. The second-order valence-electron chi connectivity index (χ2n) is 11.3. The van der Waals surface area contributed by atoms with Crippen molar-refractivity contribution in [3.8, 4) is 17.0 Å². The van der Waals surface area contributed by atoms with Gasteiger partial charge in [0.05, 0.1) is 25.5 Å². The minimum absolute atomic E-state index is 0.421. The van der Waals surface area contributed by atoms with Crippen LogP contribution in [-0.2, 0) is 22.8 Å². The molecule has 0 unspecified atom stereocenters. The summed E-state index contributed by atoms with van der Waals surface area (Å²) in [6.45, 7) is 13.9. The van der Waals surface area contributed by atoms with Gasteiger partial charge in [-0.3, -0.25) is 0 Å². The maximum absolute atomic E-state index is 6.32. The lowest BCUT2D eigenvalue weighted by atomic mass is 10.2. The Morgan fingerprint density at radius 2 is 1.72 bits per heavy atom. The van der Waals surface area contributed by atoms with Crippen LogP contribution < -0.4 is 9.64 Å². The van der Waals surface area contributed by atoms with Gasteiger partial charge in [-0.05, 0) is 46.7 Å². The zero-order valence-electron chi connectivity index (χ0n) is 23.7. The third-order valence-corrected chi connectivity index (χ3v) is 9.02. The Labute approximate surface area is 242 Å². The summed E-state index contributed by atoms with van der Waals surface area (Å²) < 4.78 is 20.8. The van der Waals surface area contributed by atoms with Gasteiger partial charge in [0.1, 0.15) is 11.3 Å². The van der Waals surface area contributed by atoms with Gasteiger partial charge in [0, 0.05) is 59.0 Å². The van der Waals surface area contributed by atoms with E-state index in [9.17, 15) is 0 Å². The Hall–Kier alpha value is -2.24. The number of halogens is 1. The molecule has 3 heterocycles. The topological polar surface area (TPSA) is 64.9 Å². The van der Waals surface area contributed by atoms with Crippen LogP contribution in [0.1, 0.15) is 12.0 Å². The fraction of sp³-hybridized carbons (Fsp3) is 0.517. The standard InChI is InChI=1S/C29H42BrN5O3Si/c1-33-11-13-34(14-12-33)29-27(38-16-8-15-36-22-24-9-6-5-7-10-24)19-25(21-31-29)26-20-28(30)35(32-26)23-37-17-18-39(2,3)4/h5-7,9-10,19-21H,8,11-18,22-23H2,1-4H3. The predicted molar refractivity (Wildman–Crippen MR) is 163 cm³/mol. The Morgan fingerprint density at radius 1 is 0.949 bits per heavy atom. The van der Waals surface area contributed by atoms with Crippen molar-refractivity contribution in [2.45, 2.75) is 45.4 Å². The van der Waals surface area contributed by atoms with Crippen LogP contribution in [0.15, 0.2) is 53.3 Å². The fourth-order valence-corrected chi connectivity index (χ4v) is 5.36. The number of hydrogen-bond acceptors (Lipinski definition) is 7. The maximum atomic E-state index is 6.32. The molecule has 1 fully saturated rings. The fourth-order valence-electron chi connectivity index (χ4n) is 4.20. The number of likely N-dealkylation sites (N-methyl/N-ethyl adjacent to an activating group) is 1. The van der Waals surface area contributed by atoms with Gasteiger partial charge in [-0.15, -0.1) is 0 Å². The van der Waals surface area contributed by atoms with Crippen LogP contribution in [0.2, 0.25) is 25.7 Å². The zero-order valence-corrected chi connectivity index (χ0v) is 26.3. The summed E-state index contributed by atoms with van der Waals surface area (Å²) in [6.07, 6.45) is 2.70. The summed E-state index contributed by atoms with van der Waals surface area (Å²) >= 11 is 3.64. The van der Waals surface area contributed by atoms with Gasteiger partial charge >= 0.3 is 0 Å². The number of ether oxygens (including phenoxy) is 3. The molecule has 1 saturated heterocycles. The number of rotatable bonds is 14. The summed E-state index contributed by atoms with van der Waals surface area (Å²) in [4.78, 5) is 9.51. The molecule has 1 aromatic carbocycles. The van der Waals surface area contributed by atoms with Crippen LogP contribution in [0.25, 0.3) is 11.3 Å². The molecule has 0 bridgehead atoms. The number of hydrogen-bond donors (Lipinski definition) is 0. The minimum atomic E-state index is -1.12. The van der Waals surface area contributed by atoms with E-state index in [0.29, 0.717) is 26.6 Å². The van der Waals surface area contributed by atoms with Crippen LogP contribution in [0.5, 0.6) is 5.75 Å². The van der Waals surface area contributed by atoms with Gasteiger partial charge in [0.2, 0.25) is 0 Å². The van der Waals surface area contributed by atoms with E-state index >= 15 is 0 Å². The van der Waals surface area contributed by atoms with Crippen molar-refractivity contribution in [2.24, 2.45) is 0 Å². The molecular weight excluding hydrogens is 574 g/mol. The molecule has 3 aromatic rings. The largest absolute Gasteiger partial charge is 0.490 e. The molecule has 0 aliphatic carbocycles.